The van der Waals surface area contributed by atoms with Crippen LogP contribution >= 0.6 is 0 Å². The van der Waals surface area contributed by atoms with Crippen LogP contribution in [0.15, 0.2) is 29.3 Å². The van der Waals surface area contributed by atoms with Crippen molar-refractivity contribution < 1.29 is 9.53 Å². The van der Waals surface area contributed by atoms with E-state index in [4.69, 9.17) is 9.73 Å². The summed E-state index contributed by atoms with van der Waals surface area (Å²) in [6.07, 6.45) is 4.90. The highest BCUT2D eigenvalue weighted by atomic mass is 16.5. The van der Waals surface area contributed by atoms with Crippen molar-refractivity contribution in [3.05, 3.63) is 29.8 Å². The molecule has 1 saturated carbocycles. The number of nitrogens with zero attached hydrogens (tertiary/aromatic N) is 2. The van der Waals surface area contributed by atoms with E-state index in [1.807, 2.05) is 39.2 Å². The fourth-order valence-electron chi connectivity index (χ4n) is 3.76. The minimum Gasteiger partial charge on any atom is -0.496 e. The summed E-state index contributed by atoms with van der Waals surface area (Å²) in [7, 11) is 5.37. The van der Waals surface area contributed by atoms with Crippen LogP contribution in [0.4, 0.5) is 0 Å². The van der Waals surface area contributed by atoms with Crippen LogP contribution in [0, 0.1) is 5.41 Å². The Bertz CT molecular complexity index is 637. The number of guanidine groups is 1. The second kappa shape index (κ2) is 10.2. The van der Waals surface area contributed by atoms with Crippen LogP contribution in [0.5, 0.6) is 5.75 Å². The molecule has 2 N–H and O–H groups in total. The van der Waals surface area contributed by atoms with Gasteiger partial charge in [-0.05, 0) is 37.8 Å². The number of aliphatic imine (C=N–C) groups is 1. The number of para-hydroxylation sites is 1. The van der Waals surface area contributed by atoms with Gasteiger partial charge in [0, 0.05) is 27.2 Å². The van der Waals surface area contributed by atoms with E-state index in [1.54, 1.807) is 12.0 Å². The van der Waals surface area contributed by atoms with E-state index in [1.165, 1.54) is 5.56 Å². The first kappa shape index (κ1) is 21.1. The Morgan fingerprint density at radius 1 is 1.22 bits per heavy atom. The summed E-state index contributed by atoms with van der Waals surface area (Å²) in [6.45, 7) is 4.12. The molecule has 0 saturated heterocycles. The molecular weight excluding hydrogens is 340 g/mol. The first-order chi connectivity index (χ1) is 13.0. The van der Waals surface area contributed by atoms with Crippen molar-refractivity contribution in [3.8, 4) is 5.75 Å². The van der Waals surface area contributed by atoms with Crippen LogP contribution in [0.1, 0.15) is 38.2 Å². The van der Waals surface area contributed by atoms with Gasteiger partial charge in [-0.1, -0.05) is 31.0 Å². The molecule has 150 valence electrons. The van der Waals surface area contributed by atoms with Gasteiger partial charge in [-0.15, -0.1) is 0 Å². The number of amides is 1. The zero-order valence-electron chi connectivity index (χ0n) is 17.2. The predicted molar refractivity (Wildman–Crippen MR) is 110 cm³/mol. The summed E-state index contributed by atoms with van der Waals surface area (Å²) in [4.78, 5) is 19.2. The highest BCUT2D eigenvalue weighted by Gasteiger charge is 2.42. The van der Waals surface area contributed by atoms with E-state index in [0.717, 1.165) is 56.9 Å². The fourth-order valence-corrected chi connectivity index (χ4v) is 3.76. The Hall–Kier alpha value is -2.24. The van der Waals surface area contributed by atoms with Crippen LogP contribution in [-0.4, -0.2) is 57.6 Å². The van der Waals surface area contributed by atoms with Crippen LogP contribution in [0.25, 0.3) is 0 Å². The van der Waals surface area contributed by atoms with E-state index in [-0.39, 0.29) is 11.3 Å². The number of carbonyl (C=O) groups excluding carboxylic acids is 1. The largest absolute Gasteiger partial charge is 0.496 e. The Labute approximate surface area is 163 Å². The number of benzene rings is 1. The maximum Gasteiger partial charge on any atom is 0.230 e. The average molecular weight is 375 g/mol. The molecule has 27 heavy (non-hydrogen) atoms. The number of hydrogen-bond donors (Lipinski definition) is 2. The molecule has 1 aliphatic carbocycles. The van der Waals surface area contributed by atoms with Gasteiger partial charge in [-0.25, -0.2) is 0 Å². The average Bonchev–Trinajstić information content (AvgIpc) is 3.15. The van der Waals surface area contributed by atoms with Crippen molar-refractivity contribution in [1.82, 2.24) is 15.5 Å². The number of carbonyl (C=O) groups is 1. The summed E-state index contributed by atoms with van der Waals surface area (Å²) in [6, 6.07) is 8.05. The summed E-state index contributed by atoms with van der Waals surface area (Å²) >= 11 is 0. The highest BCUT2D eigenvalue weighted by molar-refractivity contribution is 5.84. The summed E-state index contributed by atoms with van der Waals surface area (Å²) in [5, 5.41) is 6.68. The smallest absolute Gasteiger partial charge is 0.230 e. The van der Waals surface area contributed by atoms with Crippen molar-refractivity contribution in [2.45, 2.75) is 39.0 Å². The van der Waals surface area contributed by atoms with Crippen molar-refractivity contribution in [3.63, 3.8) is 0 Å². The van der Waals surface area contributed by atoms with E-state index in [2.05, 4.69) is 16.7 Å². The first-order valence-electron chi connectivity index (χ1n) is 9.88. The van der Waals surface area contributed by atoms with Gasteiger partial charge < -0.3 is 20.3 Å². The molecule has 0 radical (unpaired) electrons. The monoisotopic (exact) mass is 374 g/mol. The van der Waals surface area contributed by atoms with Crippen LogP contribution in [-0.2, 0) is 11.2 Å². The minimum absolute atomic E-state index is 0.202. The van der Waals surface area contributed by atoms with E-state index >= 15 is 0 Å². The van der Waals surface area contributed by atoms with Gasteiger partial charge in [0.05, 0.1) is 19.1 Å². The topological polar surface area (TPSA) is 66.0 Å². The number of hydrogen-bond acceptors (Lipinski definition) is 3. The predicted octanol–water partition coefficient (Wildman–Crippen LogP) is 2.44. The molecule has 0 aromatic heterocycles. The lowest BCUT2D eigenvalue weighted by Gasteiger charge is -2.29. The summed E-state index contributed by atoms with van der Waals surface area (Å²) in [5.74, 6) is 1.88. The van der Waals surface area contributed by atoms with Crippen molar-refractivity contribution in [1.29, 1.82) is 0 Å². The fraction of sp³-hybridized carbons (Fsp3) is 0.619. The van der Waals surface area contributed by atoms with Crippen LogP contribution < -0.4 is 15.4 Å². The van der Waals surface area contributed by atoms with E-state index in [0.29, 0.717) is 6.54 Å². The number of ether oxygens (including phenoxy) is 1. The Kier molecular flexibility index (Phi) is 7.95. The molecule has 2 rings (SSSR count). The molecule has 1 aromatic rings. The minimum atomic E-state index is -0.339. The number of nitrogens with one attached hydrogen (secondary N) is 2. The molecular formula is C21H34N4O2. The van der Waals surface area contributed by atoms with Gasteiger partial charge in [0.15, 0.2) is 5.96 Å². The molecule has 0 unspecified atom stereocenters. The molecule has 1 aliphatic rings. The molecule has 0 heterocycles. The molecule has 6 heteroatoms. The van der Waals surface area contributed by atoms with E-state index < -0.39 is 0 Å². The third kappa shape index (κ3) is 5.62. The number of rotatable bonds is 8. The van der Waals surface area contributed by atoms with Crippen molar-refractivity contribution >= 4 is 11.9 Å². The van der Waals surface area contributed by atoms with Gasteiger partial charge in [0.2, 0.25) is 5.91 Å². The van der Waals surface area contributed by atoms with Gasteiger partial charge in [0.1, 0.15) is 5.75 Å². The molecule has 1 fully saturated rings. The lowest BCUT2D eigenvalue weighted by atomic mass is 9.85. The van der Waals surface area contributed by atoms with Crippen LogP contribution in [0.2, 0.25) is 0 Å². The standard InChI is InChI=1S/C21H34N4O2/c1-5-22-20(23-15-12-17-10-6-7-11-18(17)27-4)24-16-21(13-8-9-14-21)19(26)25(2)3/h6-7,10-11H,5,8-9,12-16H2,1-4H3,(H2,22,23,24). The summed E-state index contributed by atoms with van der Waals surface area (Å²) in [5.41, 5.74) is 0.826. The lowest BCUT2D eigenvalue weighted by Crippen LogP contribution is -2.43. The number of methoxy groups -OCH3 is 1. The molecule has 1 amide bonds. The van der Waals surface area contributed by atoms with Crippen LogP contribution in [0.3, 0.4) is 0 Å². The highest BCUT2D eigenvalue weighted by Crippen LogP contribution is 2.39. The zero-order chi connectivity index (χ0) is 19.7. The Morgan fingerprint density at radius 3 is 2.56 bits per heavy atom. The third-order valence-electron chi connectivity index (χ3n) is 5.18. The molecule has 1 aromatic carbocycles. The molecule has 0 bridgehead atoms. The van der Waals surface area contributed by atoms with Gasteiger partial charge in [-0.2, -0.15) is 0 Å². The maximum atomic E-state index is 12.7. The second-order valence-electron chi connectivity index (χ2n) is 7.37. The molecule has 0 atom stereocenters. The maximum absolute atomic E-state index is 12.7. The van der Waals surface area contributed by atoms with Crippen molar-refractivity contribution in [2.24, 2.45) is 10.4 Å². The molecule has 6 nitrogen and oxygen atoms in total. The Morgan fingerprint density at radius 2 is 1.93 bits per heavy atom. The summed E-state index contributed by atoms with van der Waals surface area (Å²) < 4.78 is 5.41. The first-order valence-corrected chi connectivity index (χ1v) is 9.88. The van der Waals surface area contributed by atoms with Crippen molar-refractivity contribution in [2.75, 3.05) is 40.8 Å². The molecule has 0 spiro atoms. The zero-order valence-corrected chi connectivity index (χ0v) is 17.2. The Balaban J connectivity index is 1.99. The van der Waals surface area contributed by atoms with E-state index in [9.17, 15) is 4.79 Å². The molecule has 0 aliphatic heterocycles. The normalized spacial score (nSPS) is 16.1. The second-order valence-corrected chi connectivity index (χ2v) is 7.37. The lowest BCUT2D eigenvalue weighted by molar-refractivity contribution is -0.138. The third-order valence-corrected chi connectivity index (χ3v) is 5.18. The van der Waals surface area contributed by atoms with Gasteiger partial charge in [0.25, 0.3) is 0 Å². The SMILES string of the molecule is CCNC(=NCC1(C(=O)N(C)C)CCCC1)NCCc1ccccc1OC. The van der Waals surface area contributed by atoms with Gasteiger partial charge >= 0.3 is 0 Å². The quantitative estimate of drug-likeness (QED) is 0.542. The van der Waals surface area contributed by atoms with Gasteiger partial charge in [-0.3, -0.25) is 9.79 Å².